The molecule has 1 saturated carbocycles. The third-order valence-electron chi connectivity index (χ3n) is 1.66. The van der Waals surface area contributed by atoms with E-state index in [0.29, 0.717) is 6.10 Å². The average Bonchev–Trinajstić information content (AvgIpc) is 1.58. The predicted octanol–water partition coefficient (Wildman–Crippen LogP) is 2.06. The molecule has 0 amide bonds. The topological polar surface area (TPSA) is 9.23 Å². The first kappa shape index (κ1) is 12.3. The maximum absolute atomic E-state index is 5.06. The Labute approximate surface area is 72.4 Å². The normalized spacial score (nSPS) is 31.3. The third-order valence-corrected chi connectivity index (χ3v) is 1.66. The molecule has 0 aromatic rings. The van der Waals surface area contributed by atoms with Gasteiger partial charge in [-0.05, 0) is 18.8 Å². The predicted molar refractivity (Wildman–Crippen MR) is 35.9 cm³/mol. The SMILES string of the molecule is C.COC1CC(C)C1.[W]. The second kappa shape index (κ2) is 5.43. The molecule has 0 saturated heterocycles. The van der Waals surface area contributed by atoms with Crippen LogP contribution in [0.1, 0.15) is 27.2 Å². The number of ether oxygens (including phenoxy) is 1. The molecule has 1 aliphatic rings. The molecule has 1 fully saturated rings. The van der Waals surface area contributed by atoms with Gasteiger partial charge < -0.3 is 4.74 Å². The molecule has 1 rings (SSSR count). The minimum atomic E-state index is 0. The van der Waals surface area contributed by atoms with Gasteiger partial charge in [-0.3, -0.25) is 0 Å². The molecular formula is C7H16OW. The summed E-state index contributed by atoms with van der Waals surface area (Å²) in [5.41, 5.74) is 0. The Morgan fingerprint density at radius 2 is 1.78 bits per heavy atom. The van der Waals surface area contributed by atoms with Gasteiger partial charge in [0.25, 0.3) is 0 Å². The van der Waals surface area contributed by atoms with E-state index in [1.165, 1.54) is 12.8 Å². The van der Waals surface area contributed by atoms with Crippen LogP contribution in [0.25, 0.3) is 0 Å². The van der Waals surface area contributed by atoms with Crippen molar-refractivity contribution in [3.63, 3.8) is 0 Å². The van der Waals surface area contributed by atoms with Crippen molar-refractivity contribution in [2.24, 2.45) is 5.92 Å². The second-order valence-electron chi connectivity index (χ2n) is 2.43. The number of hydrogen-bond acceptors (Lipinski definition) is 1. The molecule has 0 aromatic carbocycles. The van der Waals surface area contributed by atoms with Gasteiger partial charge >= 0.3 is 0 Å². The standard InChI is InChI=1S/C6H12O.CH4.W/c1-5-3-6(4-5)7-2;;/h5-6H,3-4H2,1-2H3;1H4;. The van der Waals surface area contributed by atoms with Gasteiger partial charge in [-0.25, -0.2) is 0 Å². The van der Waals surface area contributed by atoms with Gasteiger partial charge in [0.15, 0.2) is 0 Å². The van der Waals surface area contributed by atoms with Crippen molar-refractivity contribution in [1.82, 2.24) is 0 Å². The molecule has 0 spiro atoms. The summed E-state index contributed by atoms with van der Waals surface area (Å²) >= 11 is 0. The summed E-state index contributed by atoms with van der Waals surface area (Å²) < 4.78 is 5.06. The Morgan fingerprint density at radius 3 is 1.89 bits per heavy atom. The van der Waals surface area contributed by atoms with Gasteiger partial charge in [0, 0.05) is 28.2 Å². The molecule has 0 N–H and O–H groups in total. The fourth-order valence-electron chi connectivity index (χ4n) is 1.02. The van der Waals surface area contributed by atoms with Crippen LogP contribution in [0.4, 0.5) is 0 Å². The molecule has 9 heavy (non-hydrogen) atoms. The van der Waals surface area contributed by atoms with Gasteiger partial charge in [0.05, 0.1) is 6.10 Å². The zero-order valence-corrected chi connectivity index (χ0v) is 8.32. The van der Waals surface area contributed by atoms with Crippen LogP contribution in [0.5, 0.6) is 0 Å². The molecule has 2 heteroatoms. The molecule has 0 bridgehead atoms. The summed E-state index contributed by atoms with van der Waals surface area (Å²) in [5, 5.41) is 0. The molecular weight excluding hydrogens is 284 g/mol. The molecule has 56 valence electrons. The molecule has 0 radical (unpaired) electrons. The van der Waals surface area contributed by atoms with E-state index in [0.717, 1.165) is 5.92 Å². The fraction of sp³-hybridized carbons (Fsp3) is 1.00. The number of rotatable bonds is 1. The first-order chi connectivity index (χ1) is 3.33. The molecule has 0 atom stereocenters. The maximum Gasteiger partial charge on any atom is 0.0576 e. The van der Waals surface area contributed by atoms with E-state index in [1.54, 1.807) is 7.11 Å². The molecule has 0 heterocycles. The summed E-state index contributed by atoms with van der Waals surface area (Å²) in [6.07, 6.45) is 3.14. The second-order valence-corrected chi connectivity index (χ2v) is 2.43. The molecule has 0 unspecified atom stereocenters. The summed E-state index contributed by atoms with van der Waals surface area (Å²) in [7, 11) is 1.79. The Bertz CT molecular complexity index is 59.9. The minimum Gasteiger partial charge on any atom is -0.381 e. The minimum absolute atomic E-state index is 0. The Hall–Kier alpha value is 0.648. The molecule has 1 aliphatic carbocycles. The van der Waals surface area contributed by atoms with Crippen LogP contribution in [-0.4, -0.2) is 13.2 Å². The van der Waals surface area contributed by atoms with Crippen LogP contribution in [-0.2, 0) is 25.8 Å². The Kier molecular flexibility index (Phi) is 7.45. The quantitative estimate of drug-likeness (QED) is 0.720. The van der Waals surface area contributed by atoms with Gasteiger partial charge in [0.1, 0.15) is 0 Å². The van der Waals surface area contributed by atoms with Crippen LogP contribution in [0.15, 0.2) is 0 Å². The first-order valence-electron chi connectivity index (χ1n) is 2.85. The van der Waals surface area contributed by atoms with Crippen molar-refractivity contribution in [1.29, 1.82) is 0 Å². The van der Waals surface area contributed by atoms with Gasteiger partial charge in [0.2, 0.25) is 0 Å². The van der Waals surface area contributed by atoms with Crippen molar-refractivity contribution in [3.05, 3.63) is 0 Å². The number of hydrogen-bond donors (Lipinski definition) is 0. The van der Waals surface area contributed by atoms with Crippen molar-refractivity contribution < 1.29 is 25.8 Å². The fourth-order valence-corrected chi connectivity index (χ4v) is 1.02. The van der Waals surface area contributed by atoms with E-state index in [9.17, 15) is 0 Å². The van der Waals surface area contributed by atoms with E-state index >= 15 is 0 Å². The smallest absolute Gasteiger partial charge is 0.0576 e. The van der Waals surface area contributed by atoms with E-state index in [2.05, 4.69) is 6.92 Å². The van der Waals surface area contributed by atoms with E-state index in [4.69, 9.17) is 4.74 Å². The maximum atomic E-state index is 5.06. The molecule has 0 aromatic heterocycles. The van der Waals surface area contributed by atoms with Crippen LogP contribution in [0.3, 0.4) is 0 Å². The van der Waals surface area contributed by atoms with Gasteiger partial charge in [-0.1, -0.05) is 14.4 Å². The summed E-state index contributed by atoms with van der Waals surface area (Å²) in [6.45, 7) is 2.26. The van der Waals surface area contributed by atoms with Crippen LogP contribution >= 0.6 is 0 Å². The van der Waals surface area contributed by atoms with Crippen LogP contribution in [0, 0.1) is 5.92 Å². The Morgan fingerprint density at radius 1 is 1.33 bits per heavy atom. The van der Waals surface area contributed by atoms with E-state index in [1.807, 2.05) is 0 Å². The van der Waals surface area contributed by atoms with Crippen molar-refractivity contribution >= 4 is 0 Å². The van der Waals surface area contributed by atoms with Gasteiger partial charge in [-0.2, -0.15) is 0 Å². The zero-order valence-electron chi connectivity index (χ0n) is 5.39. The monoisotopic (exact) mass is 300 g/mol. The first-order valence-corrected chi connectivity index (χ1v) is 2.85. The van der Waals surface area contributed by atoms with Gasteiger partial charge in [-0.15, -0.1) is 0 Å². The summed E-state index contributed by atoms with van der Waals surface area (Å²) in [6, 6.07) is 0. The summed E-state index contributed by atoms with van der Waals surface area (Å²) in [4.78, 5) is 0. The molecule has 1 nitrogen and oxygen atoms in total. The van der Waals surface area contributed by atoms with Crippen LogP contribution in [0.2, 0.25) is 0 Å². The van der Waals surface area contributed by atoms with E-state index in [-0.39, 0.29) is 28.5 Å². The van der Waals surface area contributed by atoms with Crippen molar-refractivity contribution in [2.75, 3.05) is 7.11 Å². The Balaban J connectivity index is 0. The number of methoxy groups -OCH3 is 1. The van der Waals surface area contributed by atoms with Crippen LogP contribution < -0.4 is 0 Å². The zero-order chi connectivity index (χ0) is 5.28. The van der Waals surface area contributed by atoms with Crippen molar-refractivity contribution in [3.8, 4) is 0 Å². The van der Waals surface area contributed by atoms with E-state index < -0.39 is 0 Å². The third kappa shape index (κ3) is 3.37. The average molecular weight is 300 g/mol. The van der Waals surface area contributed by atoms with Crippen molar-refractivity contribution in [2.45, 2.75) is 33.3 Å². The summed E-state index contributed by atoms with van der Waals surface area (Å²) in [5.74, 6) is 0.921. The largest absolute Gasteiger partial charge is 0.381 e. The molecule has 0 aliphatic heterocycles.